The molecule has 0 heterocycles. The van der Waals surface area contributed by atoms with Crippen LogP contribution in [0.5, 0.6) is 0 Å². The summed E-state index contributed by atoms with van der Waals surface area (Å²) < 4.78 is 0.880. The van der Waals surface area contributed by atoms with Crippen LogP contribution in [0.3, 0.4) is 0 Å². The van der Waals surface area contributed by atoms with E-state index in [0.29, 0.717) is 12.1 Å². The number of rotatable bonds is 6. The average Bonchev–Trinajstić information content (AvgIpc) is 2.37. The van der Waals surface area contributed by atoms with Crippen molar-refractivity contribution in [3.8, 4) is 0 Å². The van der Waals surface area contributed by atoms with Crippen molar-refractivity contribution in [1.82, 2.24) is 9.80 Å². The second-order valence-corrected chi connectivity index (χ2v) is 5.44. The molecule has 19 heavy (non-hydrogen) atoms. The van der Waals surface area contributed by atoms with E-state index in [1.807, 2.05) is 24.0 Å². The lowest BCUT2D eigenvalue weighted by Gasteiger charge is -2.21. The fourth-order valence-corrected chi connectivity index (χ4v) is 1.97. The molecule has 4 nitrogen and oxygen atoms in total. The zero-order valence-electron chi connectivity index (χ0n) is 11.5. The van der Waals surface area contributed by atoms with Crippen LogP contribution in [0.15, 0.2) is 28.7 Å². The zero-order chi connectivity index (χ0) is 14.4. The van der Waals surface area contributed by atoms with Crippen LogP contribution in [0.2, 0.25) is 0 Å². The maximum absolute atomic E-state index is 12.1. The summed E-state index contributed by atoms with van der Waals surface area (Å²) in [5.41, 5.74) is 0.658. The second-order valence-electron chi connectivity index (χ2n) is 4.52. The Morgan fingerprint density at radius 3 is 2.42 bits per heavy atom. The first-order valence-electron chi connectivity index (χ1n) is 6.15. The quantitative estimate of drug-likeness (QED) is 0.751. The van der Waals surface area contributed by atoms with Crippen molar-refractivity contribution in [2.75, 3.05) is 33.7 Å². The number of likely N-dealkylation sites (N-methyl/N-ethyl adjacent to an activating group) is 2. The van der Waals surface area contributed by atoms with Gasteiger partial charge in [-0.15, -0.1) is 0 Å². The van der Waals surface area contributed by atoms with Crippen LogP contribution in [0.25, 0.3) is 0 Å². The summed E-state index contributed by atoms with van der Waals surface area (Å²) in [5.74, 6) is 0.0265. The number of Topliss-reactive ketones (excluding diaryl/α,β-unsaturated/α-hetero) is 1. The summed E-state index contributed by atoms with van der Waals surface area (Å²) in [6.45, 7) is 3.13. The van der Waals surface area contributed by atoms with Gasteiger partial charge in [-0.25, -0.2) is 0 Å². The Balaban J connectivity index is 2.66. The Morgan fingerprint density at radius 1 is 1.21 bits per heavy atom. The zero-order valence-corrected chi connectivity index (χ0v) is 13.1. The average molecular weight is 327 g/mol. The maximum atomic E-state index is 12.1. The molecule has 104 valence electrons. The van der Waals surface area contributed by atoms with Crippen LogP contribution in [0.1, 0.15) is 17.3 Å². The summed E-state index contributed by atoms with van der Waals surface area (Å²) in [5, 5.41) is 0. The van der Waals surface area contributed by atoms with Gasteiger partial charge in [0.15, 0.2) is 5.78 Å². The van der Waals surface area contributed by atoms with Crippen LogP contribution in [-0.2, 0) is 4.79 Å². The predicted octanol–water partition coefficient (Wildman–Crippen LogP) is 2.04. The number of hydrogen-bond donors (Lipinski definition) is 0. The van der Waals surface area contributed by atoms with Gasteiger partial charge < -0.3 is 4.90 Å². The number of nitrogens with zero attached hydrogens (tertiary/aromatic N) is 2. The Hall–Kier alpha value is -1.20. The number of halogens is 1. The topological polar surface area (TPSA) is 40.6 Å². The first-order valence-corrected chi connectivity index (χ1v) is 6.94. The molecular formula is C14H19BrN2O2. The highest BCUT2D eigenvalue weighted by atomic mass is 79.9. The van der Waals surface area contributed by atoms with Crippen molar-refractivity contribution in [3.63, 3.8) is 0 Å². The largest absolute Gasteiger partial charge is 0.348 e. The van der Waals surface area contributed by atoms with Crippen molar-refractivity contribution in [3.05, 3.63) is 34.3 Å². The molecule has 0 fully saturated rings. The van der Waals surface area contributed by atoms with Crippen molar-refractivity contribution in [2.24, 2.45) is 0 Å². The predicted molar refractivity (Wildman–Crippen MR) is 79.3 cm³/mol. The molecule has 0 aliphatic rings. The van der Waals surface area contributed by atoms with Crippen molar-refractivity contribution >= 4 is 27.6 Å². The van der Waals surface area contributed by atoms with Gasteiger partial charge in [0.05, 0.1) is 13.1 Å². The Labute approximate surface area is 122 Å². The van der Waals surface area contributed by atoms with Crippen molar-refractivity contribution in [1.29, 1.82) is 0 Å². The van der Waals surface area contributed by atoms with Gasteiger partial charge >= 0.3 is 0 Å². The summed E-state index contributed by atoms with van der Waals surface area (Å²) in [6.07, 6.45) is 0. The van der Waals surface area contributed by atoms with Gasteiger partial charge in [-0.2, -0.15) is 0 Å². The van der Waals surface area contributed by atoms with E-state index in [9.17, 15) is 9.59 Å². The van der Waals surface area contributed by atoms with Gasteiger partial charge in [-0.3, -0.25) is 14.5 Å². The minimum Gasteiger partial charge on any atom is -0.348 e. The highest BCUT2D eigenvalue weighted by molar-refractivity contribution is 9.10. The highest BCUT2D eigenvalue weighted by Crippen LogP contribution is 2.12. The third kappa shape index (κ3) is 5.12. The highest BCUT2D eigenvalue weighted by Gasteiger charge is 2.15. The Bertz CT molecular complexity index is 461. The molecule has 0 aliphatic heterocycles. The van der Waals surface area contributed by atoms with Gasteiger partial charge in [0.25, 0.3) is 0 Å². The molecule has 0 saturated heterocycles. The molecule has 0 saturated carbocycles. The minimum atomic E-state index is 0.00360. The molecule has 0 unspecified atom stereocenters. The van der Waals surface area contributed by atoms with E-state index in [1.54, 1.807) is 26.2 Å². The number of carbonyl (C=O) groups is 2. The van der Waals surface area contributed by atoms with E-state index in [2.05, 4.69) is 15.9 Å². The standard InChI is InChI=1S/C14H19BrN2O2/c1-4-17(10-14(19)16(2)3)9-13(18)11-6-5-7-12(15)8-11/h5-8H,4,9-10H2,1-3H3. The summed E-state index contributed by atoms with van der Waals surface area (Å²) in [4.78, 5) is 27.2. The molecule has 0 aliphatic carbocycles. The summed E-state index contributed by atoms with van der Waals surface area (Å²) >= 11 is 3.35. The third-order valence-electron chi connectivity index (χ3n) is 2.82. The number of benzene rings is 1. The molecule has 5 heteroatoms. The van der Waals surface area contributed by atoms with Gasteiger partial charge in [-0.1, -0.05) is 35.0 Å². The molecule has 0 radical (unpaired) electrons. The first kappa shape index (κ1) is 15.9. The van der Waals surface area contributed by atoms with Gasteiger partial charge in [0.1, 0.15) is 0 Å². The molecule has 1 rings (SSSR count). The van der Waals surface area contributed by atoms with Gasteiger partial charge in [-0.05, 0) is 18.7 Å². The van der Waals surface area contributed by atoms with E-state index in [4.69, 9.17) is 0 Å². The molecule has 1 amide bonds. The molecule has 0 spiro atoms. The smallest absolute Gasteiger partial charge is 0.236 e. The van der Waals surface area contributed by atoms with Crippen molar-refractivity contribution in [2.45, 2.75) is 6.92 Å². The van der Waals surface area contributed by atoms with Crippen LogP contribution in [0, 0.1) is 0 Å². The minimum absolute atomic E-state index is 0.00360. The fraction of sp³-hybridized carbons (Fsp3) is 0.429. The number of amides is 1. The van der Waals surface area contributed by atoms with E-state index in [1.165, 1.54) is 4.90 Å². The van der Waals surface area contributed by atoms with Crippen LogP contribution in [-0.4, -0.2) is 55.2 Å². The molecule has 0 aromatic heterocycles. The lowest BCUT2D eigenvalue weighted by atomic mass is 10.1. The van der Waals surface area contributed by atoms with Gasteiger partial charge in [0.2, 0.25) is 5.91 Å². The normalized spacial score (nSPS) is 10.6. The molecular weight excluding hydrogens is 308 g/mol. The Morgan fingerprint density at radius 2 is 1.89 bits per heavy atom. The molecule has 1 aromatic rings. The molecule has 0 atom stereocenters. The van der Waals surface area contributed by atoms with Crippen LogP contribution in [0.4, 0.5) is 0 Å². The number of hydrogen-bond acceptors (Lipinski definition) is 3. The monoisotopic (exact) mass is 326 g/mol. The summed E-state index contributed by atoms with van der Waals surface area (Å²) in [6, 6.07) is 7.29. The third-order valence-corrected chi connectivity index (χ3v) is 3.31. The molecule has 0 N–H and O–H groups in total. The lowest BCUT2D eigenvalue weighted by Crippen LogP contribution is -2.39. The fourth-order valence-electron chi connectivity index (χ4n) is 1.57. The van der Waals surface area contributed by atoms with Crippen molar-refractivity contribution < 1.29 is 9.59 Å². The maximum Gasteiger partial charge on any atom is 0.236 e. The van der Waals surface area contributed by atoms with E-state index < -0.39 is 0 Å². The molecule has 1 aromatic carbocycles. The number of ketones is 1. The molecule has 0 bridgehead atoms. The van der Waals surface area contributed by atoms with E-state index in [0.717, 1.165) is 4.47 Å². The second kappa shape index (κ2) is 7.40. The van der Waals surface area contributed by atoms with E-state index in [-0.39, 0.29) is 24.8 Å². The Kier molecular flexibility index (Phi) is 6.18. The van der Waals surface area contributed by atoms with Gasteiger partial charge in [0, 0.05) is 24.1 Å². The number of carbonyl (C=O) groups excluding carboxylic acids is 2. The first-order chi connectivity index (χ1) is 8.93. The SMILES string of the molecule is CCN(CC(=O)c1cccc(Br)c1)CC(=O)N(C)C. The van der Waals surface area contributed by atoms with E-state index >= 15 is 0 Å². The van der Waals surface area contributed by atoms with Crippen LogP contribution >= 0.6 is 15.9 Å². The van der Waals surface area contributed by atoms with Crippen LogP contribution < -0.4 is 0 Å². The lowest BCUT2D eigenvalue weighted by molar-refractivity contribution is -0.129. The summed E-state index contributed by atoms with van der Waals surface area (Å²) in [7, 11) is 3.43.